The number of nitriles is 1. The van der Waals surface area contributed by atoms with Crippen LogP contribution >= 0.6 is 0 Å². The summed E-state index contributed by atoms with van der Waals surface area (Å²) < 4.78 is 0. The lowest BCUT2D eigenvalue weighted by Crippen LogP contribution is -2.37. The molecule has 2 aliphatic rings. The van der Waals surface area contributed by atoms with E-state index in [1.165, 1.54) is 5.69 Å². The van der Waals surface area contributed by atoms with Crippen LogP contribution in [0.4, 0.5) is 5.69 Å². The van der Waals surface area contributed by atoms with E-state index in [0.717, 1.165) is 25.9 Å². The zero-order chi connectivity index (χ0) is 11.0. The van der Waals surface area contributed by atoms with Gasteiger partial charge < -0.3 is 4.90 Å². The highest BCUT2D eigenvalue weighted by atomic mass is 15.4. The van der Waals surface area contributed by atoms with Crippen LogP contribution in [0.3, 0.4) is 0 Å². The molecule has 4 heteroatoms. The van der Waals surface area contributed by atoms with Crippen molar-refractivity contribution in [3.63, 3.8) is 0 Å². The summed E-state index contributed by atoms with van der Waals surface area (Å²) in [5.74, 6) is 0. The minimum atomic E-state index is -0.0108. The first kappa shape index (κ1) is 9.34. The number of hydrogen-bond acceptors (Lipinski definition) is 4. The highest BCUT2D eigenvalue weighted by Gasteiger charge is 2.42. The second kappa shape index (κ2) is 3.31. The number of rotatable bonds is 1. The molecule has 16 heavy (non-hydrogen) atoms. The molecule has 2 aliphatic heterocycles. The van der Waals surface area contributed by atoms with Crippen LogP contribution in [0.15, 0.2) is 34.5 Å². The number of anilines is 1. The maximum absolute atomic E-state index is 8.73. The number of piperidine rings is 1. The Morgan fingerprint density at radius 2 is 1.75 bits per heavy atom. The summed E-state index contributed by atoms with van der Waals surface area (Å²) >= 11 is 0. The molecule has 0 atom stereocenters. The van der Waals surface area contributed by atoms with Gasteiger partial charge in [0.25, 0.3) is 0 Å². The molecule has 0 aliphatic carbocycles. The zero-order valence-electron chi connectivity index (χ0n) is 8.93. The van der Waals surface area contributed by atoms with E-state index in [4.69, 9.17) is 5.26 Å². The first-order chi connectivity index (χ1) is 7.81. The van der Waals surface area contributed by atoms with Crippen LogP contribution in [0.1, 0.15) is 18.4 Å². The van der Waals surface area contributed by atoms with Gasteiger partial charge in [-0.25, -0.2) is 0 Å². The van der Waals surface area contributed by atoms with Gasteiger partial charge in [-0.1, -0.05) is 0 Å². The molecule has 1 aromatic rings. The summed E-state index contributed by atoms with van der Waals surface area (Å²) in [7, 11) is 0. The van der Waals surface area contributed by atoms with E-state index in [9.17, 15) is 0 Å². The van der Waals surface area contributed by atoms with E-state index in [0.29, 0.717) is 5.56 Å². The predicted octanol–water partition coefficient (Wildman–Crippen LogP) is 2.32. The maximum atomic E-state index is 8.73. The minimum Gasteiger partial charge on any atom is -0.371 e. The zero-order valence-corrected chi connectivity index (χ0v) is 8.93. The Labute approximate surface area is 94.2 Å². The Kier molecular flexibility index (Phi) is 1.93. The third kappa shape index (κ3) is 1.54. The molecule has 1 aromatic carbocycles. The lowest BCUT2D eigenvalue weighted by Gasteiger charge is -2.31. The molecule has 0 N–H and O–H groups in total. The van der Waals surface area contributed by atoms with Gasteiger partial charge in [-0.3, -0.25) is 0 Å². The second-order valence-electron chi connectivity index (χ2n) is 4.33. The topological polar surface area (TPSA) is 51.8 Å². The van der Waals surface area contributed by atoms with Gasteiger partial charge in [-0.2, -0.15) is 15.5 Å². The minimum absolute atomic E-state index is 0.0108. The van der Waals surface area contributed by atoms with Crippen molar-refractivity contribution in [2.75, 3.05) is 18.0 Å². The van der Waals surface area contributed by atoms with Gasteiger partial charge in [0.05, 0.1) is 11.6 Å². The summed E-state index contributed by atoms with van der Waals surface area (Å²) in [5.41, 5.74) is 1.89. The number of nitrogens with zero attached hydrogens (tertiary/aromatic N) is 4. The first-order valence-electron chi connectivity index (χ1n) is 5.51. The van der Waals surface area contributed by atoms with Crippen LogP contribution in [0.5, 0.6) is 0 Å². The average molecular weight is 212 g/mol. The third-order valence-electron chi connectivity index (χ3n) is 3.31. The fraction of sp³-hybridized carbons (Fsp3) is 0.417. The van der Waals surface area contributed by atoms with Crippen molar-refractivity contribution in [2.45, 2.75) is 18.5 Å². The molecule has 0 unspecified atom stereocenters. The lowest BCUT2D eigenvalue weighted by molar-refractivity contribution is 0.450. The van der Waals surface area contributed by atoms with E-state index in [2.05, 4.69) is 21.2 Å². The van der Waals surface area contributed by atoms with Gasteiger partial charge in [0.15, 0.2) is 5.66 Å². The third-order valence-corrected chi connectivity index (χ3v) is 3.31. The fourth-order valence-electron chi connectivity index (χ4n) is 2.14. The van der Waals surface area contributed by atoms with Crippen LogP contribution in [0, 0.1) is 11.3 Å². The molecule has 3 rings (SSSR count). The number of benzene rings is 1. The quantitative estimate of drug-likeness (QED) is 0.717. The van der Waals surface area contributed by atoms with Gasteiger partial charge in [-0.05, 0) is 24.3 Å². The number of hydrogen-bond donors (Lipinski definition) is 0. The molecule has 0 bridgehead atoms. The lowest BCUT2D eigenvalue weighted by atomic mass is 10.0. The van der Waals surface area contributed by atoms with E-state index in [1.807, 2.05) is 24.3 Å². The van der Waals surface area contributed by atoms with Crippen LogP contribution in [-0.4, -0.2) is 18.8 Å². The normalized spacial score (nSPS) is 20.8. The highest BCUT2D eigenvalue weighted by molar-refractivity contribution is 5.50. The molecule has 1 spiro atoms. The van der Waals surface area contributed by atoms with Crippen molar-refractivity contribution >= 4 is 5.69 Å². The van der Waals surface area contributed by atoms with Crippen molar-refractivity contribution in [1.82, 2.24) is 0 Å². The molecular weight excluding hydrogens is 200 g/mol. The van der Waals surface area contributed by atoms with Crippen molar-refractivity contribution in [3.05, 3.63) is 29.8 Å². The Morgan fingerprint density at radius 1 is 1.12 bits per heavy atom. The van der Waals surface area contributed by atoms with Crippen molar-refractivity contribution in [3.8, 4) is 6.07 Å². The molecule has 1 saturated heterocycles. The van der Waals surface area contributed by atoms with Crippen molar-refractivity contribution in [1.29, 1.82) is 5.26 Å². The van der Waals surface area contributed by atoms with E-state index >= 15 is 0 Å². The SMILES string of the molecule is N#Cc1ccc(N2CCC3(CC2)N=N3)cc1. The Bertz CT molecular complexity index is 453. The smallest absolute Gasteiger partial charge is 0.194 e. The molecule has 80 valence electrons. The van der Waals surface area contributed by atoms with Gasteiger partial charge in [0.2, 0.25) is 0 Å². The Hall–Kier alpha value is -1.89. The Balaban J connectivity index is 1.70. The van der Waals surface area contributed by atoms with Crippen molar-refractivity contribution in [2.24, 2.45) is 10.2 Å². The molecule has 4 nitrogen and oxygen atoms in total. The summed E-state index contributed by atoms with van der Waals surface area (Å²) in [6.45, 7) is 2.00. The van der Waals surface area contributed by atoms with Gasteiger partial charge >= 0.3 is 0 Å². The van der Waals surface area contributed by atoms with Gasteiger partial charge in [0.1, 0.15) is 0 Å². The summed E-state index contributed by atoms with van der Waals surface area (Å²) in [4.78, 5) is 2.33. The summed E-state index contributed by atoms with van der Waals surface area (Å²) in [6.07, 6.45) is 2.04. The maximum Gasteiger partial charge on any atom is 0.194 e. The van der Waals surface area contributed by atoms with Gasteiger partial charge in [-0.15, -0.1) is 0 Å². The molecule has 0 aromatic heterocycles. The van der Waals surface area contributed by atoms with Crippen LogP contribution in [0.25, 0.3) is 0 Å². The molecule has 0 saturated carbocycles. The summed E-state index contributed by atoms with van der Waals surface area (Å²) in [6, 6.07) is 9.89. The monoisotopic (exact) mass is 212 g/mol. The van der Waals surface area contributed by atoms with E-state index in [1.54, 1.807) is 0 Å². The van der Waals surface area contributed by atoms with Crippen LogP contribution in [-0.2, 0) is 0 Å². The molecular formula is C12H12N4. The highest BCUT2D eigenvalue weighted by Crippen LogP contribution is 2.39. The largest absolute Gasteiger partial charge is 0.371 e. The molecule has 0 radical (unpaired) electrons. The standard InChI is InChI=1S/C12H12N4/c13-9-10-1-3-11(4-2-10)16-7-5-12(6-8-16)14-15-12/h1-4H,5-8H2. The van der Waals surface area contributed by atoms with E-state index < -0.39 is 0 Å². The fourth-order valence-corrected chi connectivity index (χ4v) is 2.14. The second-order valence-corrected chi connectivity index (χ2v) is 4.33. The van der Waals surface area contributed by atoms with Crippen LogP contribution < -0.4 is 4.90 Å². The van der Waals surface area contributed by atoms with Crippen molar-refractivity contribution < 1.29 is 0 Å². The average Bonchev–Trinajstić information content (AvgIpc) is 3.10. The molecule has 2 heterocycles. The van der Waals surface area contributed by atoms with Gasteiger partial charge in [0, 0.05) is 31.6 Å². The first-order valence-corrected chi connectivity index (χ1v) is 5.51. The van der Waals surface area contributed by atoms with E-state index in [-0.39, 0.29) is 5.66 Å². The summed E-state index contributed by atoms with van der Waals surface area (Å²) in [5, 5.41) is 16.9. The predicted molar refractivity (Wildman–Crippen MR) is 60.2 cm³/mol. The molecule has 0 amide bonds. The molecule has 1 fully saturated rings. The van der Waals surface area contributed by atoms with Crippen LogP contribution in [0.2, 0.25) is 0 Å². The Morgan fingerprint density at radius 3 is 2.25 bits per heavy atom.